The van der Waals surface area contributed by atoms with E-state index in [0.717, 1.165) is 31.2 Å². The Morgan fingerprint density at radius 3 is 2.17 bits per heavy atom. The quantitative estimate of drug-likeness (QED) is 0.306. The standard InChI is InChI=1S/C14H15FN2O7/c1-3-24-13(19)14(15,17(22)23)12(8-9(2)18)10-4-6-11(7-5-10)16(20)21/h4-7,12H,3,8H2,1-2H3/t12-,14+/m1/s1. The van der Waals surface area contributed by atoms with Gasteiger partial charge in [0.25, 0.3) is 5.69 Å². The monoisotopic (exact) mass is 342 g/mol. The van der Waals surface area contributed by atoms with Crippen molar-refractivity contribution in [3.63, 3.8) is 0 Å². The molecule has 10 heteroatoms. The molecule has 2 atom stereocenters. The molecule has 0 aliphatic heterocycles. The summed E-state index contributed by atoms with van der Waals surface area (Å²) in [6.45, 7) is 2.15. The number of ether oxygens (including phenoxy) is 1. The molecule has 1 rings (SSSR count). The van der Waals surface area contributed by atoms with Gasteiger partial charge >= 0.3 is 11.8 Å². The van der Waals surface area contributed by atoms with E-state index >= 15 is 4.39 Å². The van der Waals surface area contributed by atoms with Gasteiger partial charge < -0.3 is 4.74 Å². The fourth-order valence-corrected chi connectivity index (χ4v) is 2.17. The largest absolute Gasteiger partial charge is 0.461 e. The zero-order valence-corrected chi connectivity index (χ0v) is 12.9. The molecule has 9 nitrogen and oxygen atoms in total. The first-order valence-electron chi connectivity index (χ1n) is 6.89. The number of hydrogen-bond donors (Lipinski definition) is 0. The number of esters is 1. The van der Waals surface area contributed by atoms with Crippen LogP contribution in [-0.4, -0.2) is 34.0 Å². The minimum atomic E-state index is -3.68. The van der Waals surface area contributed by atoms with Gasteiger partial charge in [-0.1, -0.05) is 12.1 Å². The van der Waals surface area contributed by atoms with Gasteiger partial charge in [-0.15, -0.1) is 0 Å². The van der Waals surface area contributed by atoms with Crippen LogP contribution in [0.15, 0.2) is 24.3 Å². The van der Waals surface area contributed by atoms with Gasteiger partial charge in [0.15, 0.2) is 0 Å². The fourth-order valence-electron chi connectivity index (χ4n) is 2.17. The molecule has 1 aromatic carbocycles. The fraction of sp³-hybridized carbons (Fsp3) is 0.429. The van der Waals surface area contributed by atoms with E-state index in [0.29, 0.717) is 0 Å². The number of nitrogens with zero attached hydrogens (tertiary/aromatic N) is 2. The minimum absolute atomic E-state index is 0.0944. The summed E-state index contributed by atoms with van der Waals surface area (Å²) in [5, 5.41) is 21.9. The van der Waals surface area contributed by atoms with Crippen LogP contribution in [0, 0.1) is 20.2 Å². The Labute approximate surface area is 135 Å². The number of hydrogen-bond acceptors (Lipinski definition) is 7. The molecular formula is C14H15FN2O7. The average molecular weight is 342 g/mol. The third-order valence-electron chi connectivity index (χ3n) is 3.29. The van der Waals surface area contributed by atoms with Crippen molar-refractivity contribution in [1.82, 2.24) is 0 Å². The number of halogens is 1. The van der Waals surface area contributed by atoms with Crippen molar-refractivity contribution >= 4 is 17.4 Å². The van der Waals surface area contributed by atoms with Gasteiger partial charge in [0, 0.05) is 18.6 Å². The summed E-state index contributed by atoms with van der Waals surface area (Å²) in [7, 11) is 0. The predicted molar refractivity (Wildman–Crippen MR) is 78.6 cm³/mol. The molecule has 24 heavy (non-hydrogen) atoms. The number of carbonyl (C=O) groups excluding carboxylic acids is 2. The topological polar surface area (TPSA) is 130 Å². The summed E-state index contributed by atoms with van der Waals surface area (Å²) < 4.78 is 19.4. The Morgan fingerprint density at radius 2 is 1.79 bits per heavy atom. The lowest BCUT2D eigenvalue weighted by molar-refractivity contribution is -0.594. The molecule has 1 aromatic rings. The Balaban J connectivity index is 3.41. The number of alkyl halides is 1. The van der Waals surface area contributed by atoms with Gasteiger partial charge in [-0.2, -0.15) is 4.39 Å². The molecule has 0 saturated carbocycles. The molecule has 0 spiro atoms. The summed E-state index contributed by atoms with van der Waals surface area (Å²) in [5.74, 6) is -7.77. The van der Waals surface area contributed by atoms with Crippen LogP contribution in [0.25, 0.3) is 0 Å². The Morgan fingerprint density at radius 1 is 1.25 bits per heavy atom. The average Bonchev–Trinajstić information content (AvgIpc) is 2.51. The van der Waals surface area contributed by atoms with Crippen LogP contribution in [0.4, 0.5) is 10.1 Å². The summed E-state index contributed by atoms with van der Waals surface area (Å²) >= 11 is 0. The molecular weight excluding hydrogens is 327 g/mol. The number of non-ortho nitro benzene ring substituents is 1. The van der Waals surface area contributed by atoms with Crippen LogP contribution in [0.1, 0.15) is 31.7 Å². The van der Waals surface area contributed by atoms with E-state index in [9.17, 15) is 29.8 Å². The van der Waals surface area contributed by atoms with E-state index in [1.807, 2.05) is 0 Å². The lowest BCUT2D eigenvalue weighted by Gasteiger charge is -2.24. The second kappa shape index (κ2) is 7.57. The second-order valence-corrected chi connectivity index (χ2v) is 4.96. The highest BCUT2D eigenvalue weighted by atomic mass is 19.1. The van der Waals surface area contributed by atoms with Crippen molar-refractivity contribution in [1.29, 1.82) is 0 Å². The normalized spacial score (nSPS) is 14.3. The molecule has 0 aliphatic carbocycles. The van der Waals surface area contributed by atoms with Gasteiger partial charge in [0.1, 0.15) is 11.7 Å². The van der Waals surface area contributed by atoms with Gasteiger partial charge in [-0.3, -0.25) is 25.0 Å². The van der Waals surface area contributed by atoms with Crippen molar-refractivity contribution in [3.8, 4) is 0 Å². The van der Waals surface area contributed by atoms with E-state index in [-0.39, 0.29) is 17.9 Å². The maximum absolute atomic E-state index is 15.0. The van der Waals surface area contributed by atoms with Gasteiger partial charge in [-0.25, -0.2) is 4.79 Å². The van der Waals surface area contributed by atoms with Gasteiger partial charge in [0.2, 0.25) is 0 Å². The second-order valence-electron chi connectivity index (χ2n) is 4.96. The Hall–Kier alpha value is -2.91. The van der Waals surface area contributed by atoms with Crippen LogP contribution in [0.5, 0.6) is 0 Å². The number of nitro groups is 2. The van der Waals surface area contributed by atoms with Gasteiger partial charge in [0.05, 0.1) is 16.5 Å². The van der Waals surface area contributed by atoms with Crippen LogP contribution in [0.2, 0.25) is 0 Å². The van der Waals surface area contributed by atoms with E-state index in [4.69, 9.17) is 0 Å². The maximum atomic E-state index is 15.0. The summed E-state index contributed by atoms with van der Waals surface area (Å²) in [6, 6.07) is 4.16. The van der Waals surface area contributed by atoms with Crippen molar-refractivity contribution < 1.29 is 28.6 Å². The summed E-state index contributed by atoms with van der Waals surface area (Å²) in [4.78, 5) is 42.9. The van der Waals surface area contributed by atoms with Gasteiger partial charge in [-0.05, 0) is 19.4 Å². The first-order valence-corrected chi connectivity index (χ1v) is 6.89. The number of carbonyl (C=O) groups is 2. The first kappa shape index (κ1) is 19.1. The number of rotatable bonds is 8. The summed E-state index contributed by atoms with van der Waals surface area (Å²) in [6.07, 6.45) is -0.645. The molecule has 0 amide bonds. The van der Waals surface area contributed by atoms with Crippen LogP contribution in [0.3, 0.4) is 0 Å². The van der Waals surface area contributed by atoms with E-state index < -0.39 is 39.7 Å². The highest BCUT2D eigenvalue weighted by molar-refractivity contribution is 5.82. The lowest BCUT2D eigenvalue weighted by atomic mass is 9.85. The zero-order valence-electron chi connectivity index (χ0n) is 12.9. The number of ketones is 1. The molecule has 0 saturated heterocycles. The highest BCUT2D eigenvalue weighted by Crippen LogP contribution is 2.37. The molecule has 0 heterocycles. The molecule has 0 N–H and O–H groups in total. The van der Waals surface area contributed by atoms with Crippen molar-refractivity contribution in [2.75, 3.05) is 6.61 Å². The first-order chi connectivity index (χ1) is 11.1. The predicted octanol–water partition coefficient (Wildman–Crippen LogP) is 2.16. The third kappa shape index (κ3) is 3.89. The number of nitro benzene ring substituents is 1. The Kier molecular flexibility index (Phi) is 6.04. The number of Topliss-reactive ketones (excluding diaryl/α,β-unsaturated/α-hetero) is 1. The molecule has 0 aromatic heterocycles. The number of benzene rings is 1. The van der Waals surface area contributed by atoms with E-state index in [1.54, 1.807) is 0 Å². The van der Waals surface area contributed by atoms with Crippen molar-refractivity contribution in [2.45, 2.75) is 32.0 Å². The minimum Gasteiger partial charge on any atom is -0.458 e. The van der Waals surface area contributed by atoms with E-state index in [2.05, 4.69) is 4.74 Å². The highest BCUT2D eigenvalue weighted by Gasteiger charge is 2.61. The SMILES string of the molecule is CCOC(=O)[C@](F)([C@H](CC(C)=O)c1ccc([N+](=O)[O-])cc1)[N+](=O)[O-]. The van der Waals surface area contributed by atoms with Crippen LogP contribution >= 0.6 is 0 Å². The molecule has 0 radical (unpaired) electrons. The van der Waals surface area contributed by atoms with Crippen molar-refractivity contribution in [2.24, 2.45) is 0 Å². The molecule has 0 fully saturated rings. The zero-order chi connectivity index (χ0) is 18.5. The van der Waals surface area contributed by atoms with Crippen LogP contribution < -0.4 is 0 Å². The molecule has 0 aliphatic rings. The summed E-state index contributed by atoms with van der Waals surface area (Å²) in [5.41, 5.74) is -0.412. The smallest absolute Gasteiger partial charge is 0.458 e. The Bertz CT molecular complexity index is 662. The maximum Gasteiger partial charge on any atom is 0.461 e. The van der Waals surface area contributed by atoms with Crippen molar-refractivity contribution in [3.05, 3.63) is 50.1 Å². The third-order valence-corrected chi connectivity index (χ3v) is 3.29. The molecule has 0 unspecified atom stereocenters. The lowest BCUT2D eigenvalue weighted by Crippen LogP contribution is -2.49. The molecule has 0 bridgehead atoms. The van der Waals surface area contributed by atoms with Crippen LogP contribution in [-0.2, 0) is 14.3 Å². The van der Waals surface area contributed by atoms with E-state index in [1.165, 1.54) is 6.92 Å². The molecule has 130 valence electrons.